The number of methoxy groups -OCH3 is 1. The average molecular weight is 178 g/mol. The molecule has 1 atom stereocenters. The highest BCUT2D eigenvalue weighted by molar-refractivity contribution is 5.18. The molecule has 2 heterocycles. The highest BCUT2D eigenvalue weighted by atomic mass is 16.5. The van der Waals surface area contributed by atoms with Crippen LogP contribution < -0.4 is 10.1 Å². The lowest BCUT2D eigenvalue weighted by Crippen LogP contribution is -2.14. The molecule has 1 N–H and O–H groups in total. The van der Waals surface area contributed by atoms with E-state index in [2.05, 4.69) is 10.3 Å². The first-order chi connectivity index (χ1) is 6.40. The summed E-state index contributed by atoms with van der Waals surface area (Å²) < 4.78 is 5.08. The first kappa shape index (κ1) is 8.51. The van der Waals surface area contributed by atoms with Gasteiger partial charge in [-0.25, -0.2) is 4.98 Å². The lowest BCUT2D eigenvalue weighted by Gasteiger charge is -2.09. The molecule has 0 amide bonds. The Balaban J connectivity index is 2.18. The fraction of sp³-hybridized carbons (Fsp3) is 0.500. The highest BCUT2D eigenvalue weighted by Gasteiger charge is 2.17. The first-order valence-electron chi connectivity index (χ1n) is 4.64. The molecule has 0 bridgehead atoms. The van der Waals surface area contributed by atoms with Gasteiger partial charge in [-0.2, -0.15) is 0 Å². The molecule has 1 aliphatic heterocycles. The van der Waals surface area contributed by atoms with Crippen molar-refractivity contribution < 1.29 is 4.74 Å². The van der Waals surface area contributed by atoms with Crippen molar-refractivity contribution in [3.05, 3.63) is 23.9 Å². The van der Waals surface area contributed by atoms with Crippen molar-refractivity contribution >= 4 is 0 Å². The van der Waals surface area contributed by atoms with Crippen LogP contribution in [-0.2, 0) is 0 Å². The summed E-state index contributed by atoms with van der Waals surface area (Å²) in [6.07, 6.45) is 2.42. The summed E-state index contributed by atoms with van der Waals surface area (Å²) in [5.74, 6) is 0.700. The van der Waals surface area contributed by atoms with Crippen molar-refractivity contribution in [2.45, 2.75) is 18.9 Å². The zero-order valence-corrected chi connectivity index (χ0v) is 7.79. The number of hydrogen-bond acceptors (Lipinski definition) is 3. The molecule has 0 saturated carbocycles. The van der Waals surface area contributed by atoms with Crippen LogP contribution in [0.5, 0.6) is 5.88 Å². The van der Waals surface area contributed by atoms with E-state index >= 15 is 0 Å². The second-order valence-electron chi connectivity index (χ2n) is 3.25. The second kappa shape index (κ2) is 3.75. The molecular formula is C10H14N2O. The highest BCUT2D eigenvalue weighted by Crippen LogP contribution is 2.22. The van der Waals surface area contributed by atoms with Crippen molar-refractivity contribution in [3.8, 4) is 5.88 Å². The van der Waals surface area contributed by atoms with Crippen LogP contribution in [-0.4, -0.2) is 18.6 Å². The predicted molar refractivity (Wildman–Crippen MR) is 50.8 cm³/mol. The van der Waals surface area contributed by atoms with Gasteiger partial charge in [-0.3, -0.25) is 0 Å². The van der Waals surface area contributed by atoms with Crippen molar-refractivity contribution in [1.29, 1.82) is 0 Å². The molecule has 1 aromatic rings. The van der Waals surface area contributed by atoms with E-state index in [0.29, 0.717) is 11.9 Å². The third-order valence-electron chi connectivity index (χ3n) is 2.37. The Labute approximate surface area is 78.1 Å². The Morgan fingerprint density at radius 1 is 1.54 bits per heavy atom. The summed E-state index contributed by atoms with van der Waals surface area (Å²) in [5, 5.41) is 3.41. The van der Waals surface area contributed by atoms with Crippen LogP contribution in [0.1, 0.15) is 24.6 Å². The molecule has 3 nitrogen and oxygen atoms in total. The number of ether oxygens (including phenoxy) is 1. The summed E-state index contributed by atoms with van der Waals surface area (Å²) in [5.41, 5.74) is 1.09. The minimum Gasteiger partial charge on any atom is -0.481 e. The summed E-state index contributed by atoms with van der Waals surface area (Å²) in [7, 11) is 1.65. The van der Waals surface area contributed by atoms with E-state index in [1.165, 1.54) is 12.8 Å². The molecule has 0 aliphatic carbocycles. The van der Waals surface area contributed by atoms with E-state index in [0.717, 1.165) is 12.2 Å². The van der Waals surface area contributed by atoms with Crippen LogP contribution in [0, 0.1) is 0 Å². The summed E-state index contributed by atoms with van der Waals surface area (Å²) in [4.78, 5) is 4.39. The Kier molecular flexibility index (Phi) is 2.45. The number of rotatable bonds is 2. The largest absolute Gasteiger partial charge is 0.481 e. The standard InChI is InChI=1S/C10H14N2O/c1-13-10-6-2-4-9(12-10)8-5-3-7-11-8/h2,4,6,8,11H,3,5,7H2,1H3/t8-/m0/s1. The van der Waals surface area contributed by atoms with Gasteiger partial charge in [0.25, 0.3) is 0 Å². The van der Waals surface area contributed by atoms with Crippen LogP contribution in [0.3, 0.4) is 0 Å². The topological polar surface area (TPSA) is 34.1 Å². The molecule has 0 radical (unpaired) electrons. The van der Waals surface area contributed by atoms with Gasteiger partial charge in [-0.15, -0.1) is 0 Å². The quantitative estimate of drug-likeness (QED) is 0.745. The van der Waals surface area contributed by atoms with Gasteiger partial charge in [-0.1, -0.05) is 6.07 Å². The number of nitrogens with zero attached hydrogens (tertiary/aromatic N) is 1. The summed E-state index contributed by atoms with van der Waals surface area (Å²) >= 11 is 0. The Hall–Kier alpha value is -1.09. The molecule has 1 fully saturated rings. The van der Waals surface area contributed by atoms with E-state index < -0.39 is 0 Å². The molecule has 1 saturated heterocycles. The van der Waals surface area contributed by atoms with E-state index in [9.17, 15) is 0 Å². The Morgan fingerprint density at radius 2 is 2.46 bits per heavy atom. The maximum Gasteiger partial charge on any atom is 0.213 e. The average Bonchev–Trinajstić information content (AvgIpc) is 2.71. The molecule has 0 spiro atoms. The third-order valence-corrected chi connectivity index (χ3v) is 2.37. The molecule has 3 heteroatoms. The summed E-state index contributed by atoms with van der Waals surface area (Å²) in [6.45, 7) is 1.10. The minimum absolute atomic E-state index is 0.426. The Morgan fingerprint density at radius 3 is 3.15 bits per heavy atom. The number of aromatic nitrogens is 1. The van der Waals surface area contributed by atoms with Crippen molar-refractivity contribution in [2.75, 3.05) is 13.7 Å². The van der Waals surface area contributed by atoms with Gasteiger partial charge in [0.05, 0.1) is 12.8 Å². The molecule has 70 valence electrons. The zero-order valence-electron chi connectivity index (χ0n) is 7.79. The van der Waals surface area contributed by atoms with E-state index in [-0.39, 0.29) is 0 Å². The summed E-state index contributed by atoms with van der Waals surface area (Å²) in [6, 6.07) is 6.33. The number of hydrogen-bond donors (Lipinski definition) is 1. The maximum atomic E-state index is 5.08. The first-order valence-corrected chi connectivity index (χ1v) is 4.64. The molecule has 13 heavy (non-hydrogen) atoms. The molecule has 1 aromatic heterocycles. The van der Waals surface area contributed by atoms with Crippen LogP contribution in [0.25, 0.3) is 0 Å². The van der Waals surface area contributed by atoms with Crippen LogP contribution >= 0.6 is 0 Å². The van der Waals surface area contributed by atoms with Crippen molar-refractivity contribution in [3.63, 3.8) is 0 Å². The SMILES string of the molecule is COc1cccc([C@@H]2CCCN2)n1. The second-order valence-corrected chi connectivity index (χ2v) is 3.25. The van der Waals surface area contributed by atoms with Crippen molar-refractivity contribution in [2.24, 2.45) is 0 Å². The predicted octanol–water partition coefficient (Wildman–Crippen LogP) is 1.51. The molecule has 1 aliphatic rings. The van der Waals surface area contributed by atoms with Crippen LogP contribution in [0.2, 0.25) is 0 Å². The van der Waals surface area contributed by atoms with Crippen LogP contribution in [0.4, 0.5) is 0 Å². The van der Waals surface area contributed by atoms with Gasteiger partial charge in [-0.05, 0) is 25.5 Å². The van der Waals surface area contributed by atoms with Crippen molar-refractivity contribution in [1.82, 2.24) is 10.3 Å². The minimum atomic E-state index is 0.426. The van der Waals surface area contributed by atoms with Gasteiger partial charge in [0.1, 0.15) is 0 Å². The fourth-order valence-electron chi connectivity index (χ4n) is 1.68. The maximum absolute atomic E-state index is 5.08. The smallest absolute Gasteiger partial charge is 0.213 e. The molecule has 0 aromatic carbocycles. The van der Waals surface area contributed by atoms with Gasteiger partial charge in [0.15, 0.2) is 0 Å². The third kappa shape index (κ3) is 1.80. The van der Waals surface area contributed by atoms with E-state index in [1.807, 2.05) is 18.2 Å². The Bertz CT molecular complexity index is 282. The van der Waals surface area contributed by atoms with Gasteiger partial charge in [0.2, 0.25) is 5.88 Å². The zero-order chi connectivity index (χ0) is 9.10. The van der Waals surface area contributed by atoms with E-state index in [1.54, 1.807) is 7.11 Å². The van der Waals surface area contributed by atoms with Gasteiger partial charge < -0.3 is 10.1 Å². The lowest BCUT2D eigenvalue weighted by atomic mass is 10.1. The number of pyridine rings is 1. The lowest BCUT2D eigenvalue weighted by molar-refractivity contribution is 0.394. The normalized spacial score (nSPS) is 21.8. The number of nitrogens with one attached hydrogen (secondary N) is 1. The monoisotopic (exact) mass is 178 g/mol. The van der Waals surface area contributed by atoms with Crippen LogP contribution in [0.15, 0.2) is 18.2 Å². The van der Waals surface area contributed by atoms with Gasteiger partial charge >= 0.3 is 0 Å². The molecule has 0 unspecified atom stereocenters. The molecule has 2 rings (SSSR count). The van der Waals surface area contributed by atoms with E-state index in [4.69, 9.17) is 4.74 Å². The van der Waals surface area contributed by atoms with Gasteiger partial charge in [0, 0.05) is 12.1 Å². The fourth-order valence-corrected chi connectivity index (χ4v) is 1.68. The molecular weight excluding hydrogens is 164 g/mol.